The molecule has 618 valence electrons. The third kappa shape index (κ3) is 18.0. The fourth-order valence-corrected chi connectivity index (χ4v) is 14.8. The van der Waals surface area contributed by atoms with Crippen LogP contribution in [0.15, 0.2) is 159 Å². The number of carbonyl (C=O) groups is 9. The molecule has 119 heavy (non-hydrogen) atoms. The first-order valence-corrected chi connectivity index (χ1v) is 40.1. The number of hydrogen-bond acceptors (Lipinski definition) is 23. The second kappa shape index (κ2) is 35.3. The van der Waals surface area contributed by atoms with Gasteiger partial charge < -0.3 is 77.3 Å². The number of aryl methyl sites for hydroxylation is 3. The van der Waals surface area contributed by atoms with Crippen LogP contribution in [0.5, 0.6) is 17.2 Å². The maximum Gasteiger partial charge on any atom is 0.471 e. The van der Waals surface area contributed by atoms with Gasteiger partial charge in [-0.2, -0.15) is 15.3 Å². The summed E-state index contributed by atoms with van der Waals surface area (Å²) in [4.78, 5) is 187. The number of H-pyrrole nitrogens is 1. The highest BCUT2D eigenvalue weighted by molar-refractivity contribution is 7.46. The van der Waals surface area contributed by atoms with E-state index in [2.05, 4.69) is 40.2 Å². The highest BCUT2D eigenvalue weighted by Crippen LogP contribution is 2.42. The van der Waals surface area contributed by atoms with Gasteiger partial charge in [0.1, 0.15) is 48.4 Å². The Kier molecular flexibility index (Phi) is 24.8. The predicted molar refractivity (Wildman–Crippen MR) is 424 cm³/mol. The van der Waals surface area contributed by atoms with E-state index in [-0.39, 0.29) is 150 Å². The summed E-state index contributed by atoms with van der Waals surface area (Å²) in [7, 11) is -5.58. The number of phosphoric acid groups is 2. The molecule has 15 rings (SSSR count). The number of nitrogens with one attached hydrogen (secondary N) is 1. The van der Waals surface area contributed by atoms with Gasteiger partial charge in [-0.1, -0.05) is 54.6 Å². The first kappa shape index (κ1) is 83.7. The number of piperazine rings is 3. The van der Waals surface area contributed by atoms with Crippen LogP contribution in [-0.4, -0.2) is 264 Å². The largest absolute Gasteiger partial charge is 0.494 e. The maximum absolute atomic E-state index is 13.8. The number of hydrogen-bond donors (Lipinski definition) is 5. The van der Waals surface area contributed by atoms with Crippen LogP contribution in [0, 0.1) is 20.8 Å². The minimum Gasteiger partial charge on any atom is -0.494 e. The molecule has 3 aliphatic heterocycles. The molecule has 0 radical (unpaired) electrons. The Morgan fingerprint density at radius 2 is 0.824 bits per heavy atom. The summed E-state index contributed by atoms with van der Waals surface area (Å²) in [6, 6.07) is 29.6. The molecule has 12 aromatic rings. The lowest BCUT2D eigenvalue weighted by atomic mass is 10.1. The van der Waals surface area contributed by atoms with E-state index in [0.717, 1.165) is 5.69 Å². The van der Waals surface area contributed by atoms with Gasteiger partial charge in [0.15, 0.2) is 17.5 Å². The molecule has 6 amide bonds. The zero-order valence-electron chi connectivity index (χ0n) is 65.4. The van der Waals surface area contributed by atoms with Gasteiger partial charge >= 0.3 is 15.6 Å². The Labute approximate surface area is 677 Å². The van der Waals surface area contributed by atoms with Crippen molar-refractivity contribution >= 4 is 101 Å². The van der Waals surface area contributed by atoms with Crippen molar-refractivity contribution in [3.8, 4) is 34.7 Å². The Bertz CT molecular complexity index is 5990. The van der Waals surface area contributed by atoms with Crippen LogP contribution < -0.4 is 14.2 Å². The number of aromatic amines is 1. The zero-order chi connectivity index (χ0) is 84.9. The molecule has 0 spiro atoms. The number of Topliss-reactive ketones (excluding diaryl/α,β-unsaturated/α-hetero) is 3. The Morgan fingerprint density at radius 1 is 0.445 bits per heavy atom. The molecule has 9 aromatic heterocycles. The van der Waals surface area contributed by atoms with Crippen LogP contribution in [0.2, 0.25) is 0 Å². The Morgan fingerprint density at radius 3 is 1.22 bits per heavy atom. The van der Waals surface area contributed by atoms with Gasteiger partial charge in [-0.15, -0.1) is 0 Å². The average Bonchev–Trinajstić information content (AvgIpc) is 1.64. The highest BCUT2D eigenvalue weighted by atomic mass is 31.2. The van der Waals surface area contributed by atoms with Gasteiger partial charge in [0.05, 0.1) is 95.2 Å². The zero-order valence-corrected chi connectivity index (χ0v) is 67.2. The number of methoxy groups -OCH3 is 3. The van der Waals surface area contributed by atoms with E-state index in [1.165, 1.54) is 98.0 Å². The van der Waals surface area contributed by atoms with E-state index >= 15 is 0 Å². The number of nitrogens with zero attached hydrogens (tertiary/aromatic N) is 18. The summed E-state index contributed by atoms with van der Waals surface area (Å²) in [5, 5.41) is 13.9. The quantitative estimate of drug-likeness (QED) is 0.0315. The maximum atomic E-state index is 13.8. The standard InChI is InChI=1S/C27H29N6O8P.C26H26N6O4.C25H26N7O8P/c1-17-9-10-33(29-17)25-23-22(21(40-3)13-28-25)20(15-31(23)16-41-42(37,38)39)24(34)27(36)30-11-12-32(18(2)14-30)26(35)19-7-5-4-6-8-19;1-16-9-10-32(29-16)24-22-21(20(36-3)14-28-24)19(13-27-22)23(33)26(35)30-11-12-31(17(2)15-30)25(34)18-7-5-4-6-8-18;1-16-27-14-32(28-16)23-21-20(19(39-2)12-26-23)18(13-31(21)15-40-41(36,37)38)22(33)25(35)30-10-8-29(9-11-30)24(34)17-6-4-3-5-7-17/h4-10,13,15,18H,11-12,14,16H2,1-3H3,(H2,37,38,39);4-10,13-14,17,27H,11-12,15H2,1-3H3;3-7,12-14H,8-11,15H2,1-2H3,(H2,36,37,38)/t18-;17-;/m11./s1. The van der Waals surface area contributed by atoms with E-state index < -0.39 is 64.2 Å². The van der Waals surface area contributed by atoms with Crippen LogP contribution in [0.25, 0.3) is 50.2 Å². The number of ketones is 3. The third-order valence-corrected chi connectivity index (χ3v) is 20.9. The number of phosphoric ester groups is 2. The van der Waals surface area contributed by atoms with E-state index in [1.54, 1.807) is 112 Å². The number of carbonyl (C=O) groups excluding carboxylic acids is 9. The van der Waals surface area contributed by atoms with Crippen molar-refractivity contribution in [2.75, 3.05) is 86.8 Å². The third-order valence-electron chi connectivity index (χ3n) is 20.0. The van der Waals surface area contributed by atoms with Gasteiger partial charge in [-0.25, -0.2) is 43.1 Å². The topological polar surface area (TPSA) is 465 Å². The van der Waals surface area contributed by atoms with E-state index in [0.29, 0.717) is 57.2 Å². The summed E-state index contributed by atoms with van der Waals surface area (Å²) in [5.41, 5.74) is 4.16. The lowest BCUT2D eigenvalue weighted by Gasteiger charge is -2.39. The minimum atomic E-state index is -4.90. The van der Waals surface area contributed by atoms with Crippen molar-refractivity contribution < 1.29 is 95.1 Å². The SMILES string of the molecule is COc1cnc(-n2ccc(C)n2)c2[nH]cc(C(=O)C(=O)N3CCN(C(=O)c4ccccc4)[C@H](C)C3)c12.COc1cnc(-n2ccc(C)n2)c2c1c(C(=O)C(=O)N1CCN(C(=O)c3ccccc3)[C@H](C)C1)cn2COP(=O)(O)O.COc1cnc(-n2cnc(C)n2)c2c1c(C(=O)C(=O)N1CCN(C(=O)c3ccccc3)CC1)cn2COP(=O)(O)O. The molecule has 3 fully saturated rings. The molecule has 3 aromatic carbocycles. The van der Waals surface area contributed by atoms with Crippen LogP contribution in [0.1, 0.15) is 93.2 Å². The predicted octanol–water partition coefficient (Wildman–Crippen LogP) is 5.95. The minimum absolute atomic E-state index is 0.0656. The van der Waals surface area contributed by atoms with Crippen molar-refractivity contribution in [1.82, 2.24) is 92.8 Å². The highest BCUT2D eigenvalue weighted by Gasteiger charge is 2.39. The van der Waals surface area contributed by atoms with Crippen molar-refractivity contribution in [3.63, 3.8) is 0 Å². The van der Waals surface area contributed by atoms with E-state index in [4.69, 9.17) is 23.3 Å². The molecule has 0 unspecified atom stereocenters. The van der Waals surface area contributed by atoms with Crippen molar-refractivity contribution in [3.05, 3.63) is 210 Å². The molecule has 39 nitrogen and oxygen atoms in total. The van der Waals surface area contributed by atoms with Crippen LogP contribution in [-0.2, 0) is 46.0 Å². The summed E-state index contributed by atoms with van der Waals surface area (Å²) in [6.07, 6.45) is 13.1. The number of ether oxygens (including phenoxy) is 3. The molecule has 0 saturated carbocycles. The summed E-state index contributed by atoms with van der Waals surface area (Å²) in [6.45, 7) is 9.85. The smallest absolute Gasteiger partial charge is 0.471 e. The summed E-state index contributed by atoms with van der Waals surface area (Å²) >= 11 is 0. The lowest BCUT2D eigenvalue weighted by Crippen LogP contribution is -2.56. The second-order valence-electron chi connectivity index (χ2n) is 27.8. The fraction of sp³-hybridized carbons (Fsp3) is 0.282. The Balaban J connectivity index is 0.000000155. The average molecular weight is 1670 g/mol. The van der Waals surface area contributed by atoms with Crippen LogP contribution >= 0.6 is 15.6 Å². The molecule has 5 N–H and O–H groups in total. The molecule has 0 aliphatic carbocycles. The summed E-state index contributed by atoms with van der Waals surface area (Å²) < 4.78 is 55.7. The number of pyridine rings is 3. The van der Waals surface area contributed by atoms with Gasteiger partial charge in [-0.3, -0.25) is 52.2 Å². The van der Waals surface area contributed by atoms with Gasteiger partial charge in [0.2, 0.25) is 0 Å². The molecular formula is C78H81N19O20P2. The van der Waals surface area contributed by atoms with Crippen LogP contribution in [0.4, 0.5) is 0 Å². The van der Waals surface area contributed by atoms with Crippen molar-refractivity contribution in [2.45, 2.75) is 60.2 Å². The summed E-state index contributed by atoms with van der Waals surface area (Å²) in [5.74, 6) is -3.02. The number of rotatable bonds is 21. The number of amides is 6. The fourth-order valence-electron chi connectivity index (χ4n) is 14.2. The first-order valence-electron chi connectivity index (χ1n) is 37.0. The molecule has 0 bridgehead atoms. The number of benzene rings is 3. The molecule has 12 heterocycles. The molecule has 3 aliphatic rings. The Hall–Kier alpha value is -13.3. The number of aromatic nitrogens is 13. The molecule has 2 atom stereocenters. The molecule has 3 saturated heterocycles. The van der Waals surface area contributed by atoms with Gasteiger partial charge in [0.25, 0.3) is 52.8 Å². The molecular weight excluding hydrogens is 1580 g/mol. The monoisotopic (exact) mass is 1670 g/mol. The normalized spacial score (nSPS) is 15.1. The van der Waals surface area contributed by atoms with Crippen molar-refractivity contribution in [2.24, 2.45) is 0 Å². The van der Waals surface area contributed by atoms with Gasteiger partial charge in [-0.05, 0) is 83.1 Å². The van der Waals surface area contributed by atoms with Crippen molar-refractivity contribution in [1.29, 1.82) is 0 Å². The van der Waals surface area contributed by atoms with Gasteiger partial charge in [0, 0.05) is 125 Å². The number of fused-ring (bicyclic) bond motifs is 3. The van der Waals surface area contributed by atoms with Crippen LogP contribution in [0.3, 0.4) is 0 Å². The molecule has 41 heteroatoms. The first-order chi connectivity index (χ1) is 56.9. The van der Waals surface area contributed by atoms with E-state index in [9.17, 15) is 71.9 Å². The van der Waals surface area contributed by atoms with E-state index in [1.807, 2.05) is 57.2 Å². The lowest BCUT2D eigenvalue weighted by molar-refractivity contribution is -0.129. The second-order valence-corrected chi connectivity index (χ2v) is 30.3.